The minimum atomic E-state index is 0.139. The molecule has 3 heteroatoms. The number of para-hydroxylation sites is 1. The van der Waals surface area contributed by atoms with Crippen molar-refractivity contribution in [1.82, 2.24) is 9.80 Å². The molecule has 3 nitrogen and oxygen atoms in total. The van der Waals surface area contributed by atoms with Crippen molar-refractivity contribution in [2.75, 3.05) is 11.9 Å². The Bertz CT molecular complexity index is 2710. The van der Waals surface area contributed by atoms with Crippen LogP contribution in [0.15, 0.2) is 200 Å². The van der Waals surface area contributed by atoms with Gasteiger partial charge in [0.1, 0.15) is 6.17 Å². The first-order valence-corrected chi connectivity index (χ1v) is 18.3. The lowest BCUT2D eigenvalue weighted by molar-refractivity contribution is 0.291. The van der Waals surface area contributed by atoms with Crippen molar-refractivity contribution in [2.45, 2.75) is 6.17 Å². The van der Waals surface area contributed by atoms with Crippen molar-refractivity contribution in [3.63, 3.8) is 0 Å². The van der Waals surface area contributed by atoms with Crippen molar-refractivity contribution >= 4 is 60.8 Å². The number of anilines is 3. The van der Waals surface area contributed by atoms with Gasteiger partial charge in [0.2, 0.25) is 0 Å². The fraction of sp³-hybridized carbons (Fsp3) is 0.0400. The third kappa shape index (κ3) is 5.20. The van der Waals surface area contributed by atoms with Crippen molar-refractivity contribution in [3.8, 4) is 11.1 Å². The van der Waals surface area contributed by atoms with Crippen LogP contribution in [0.4, 0.5) is 17.1 Å². The number of benzene rings is 8. The van der Waals surface area contributed by atoms with E-state index in [9.17, 15) is 0 Å². The summed E-state index contributed by atoms with van der Waals surface area (Å²) in [4.78, 5) is 7.11. The van der Waals surface area contributed by atoms with E-state index in [2.05, 4.69) is 222 Å². The van der Waals surface area contributed by atoms with Crippen LogP contribution in [0.25, 0.3) is 54.8 Å². The molecule has 0 saturated carbocycles. The summed E-state index contributed by atoms with van der Waals surface area (Å²) in [5.41, 5.74) is 10.5. The molecule has 0 spiro atoms. The van der Waals surface area contributed by atoms with E-state index in [0.717, 1.165) is 17.1 Å². The SMILES string of the molecule is CN1C(c2ccc(N(c3ccccc3)c3cccc(-c4ccc5c6ccccc6c6ccccc6c5c4)c3)cc2)=C(c2ccccc2)N2C=CC=CC12. The van der Waals surface area contributed by atoms with E-state index >= 15 is 0 Å². The smallest absolute Gasteiger partial charge is 0.125 e. The molecule has 0 aliphatic carbocycles. The van der Waals surface area contributed by atoms with Crippen molar-refractivity contribution in [3.05, 3.63) is 211 Å². The summed E-state index contributed by atoms with van der Waals surface area (Å²) < 4.78 is 0. The number of likely N-dealkylation sites (N-methyl/N-ethyl adjacent to an activating group) is 1. The Morgan fingerprint density at radius 1 is 0.396 bits per heavy atom. The van der Waals surface area contributed by atoms with Crippen molar-refractivity contribution in [2.24, 2.45) is 0 Å². The lowest BCUT2D eigenvalue weighted by Crippen LogP contribution is -2.34. The van der Waals surface area contributed by atoms with Crippen molar-refractivity contribution in [1.29, 1.82) is 0 Å². The van der Waals surface area contributed by atoms with Crippen LogP contribution in [0, 0.1) is 0 Å². The zero-order chi connectivity index (χ0) is 35.3. The summed E-state index contributed by atoms with van der Waals surface area (Å²) in [6.45, 7) is 0. The highest BCUT2D eigenvalue weighted by Crippen LogP contribution is 2.44. The number of nitrogens with zero attached hydrogens (tertiary/aromatic N) is 3. The van der Waals surface area contributed by atoms with E-state index in [1.54, 1.807) is 0 Å². The molecule has 53 heavy (non-hydrogen) atoms. The highest BCUT2D eigenvalue weighted by molar-refractivity contribution is 6.25. The van der Waals surface area contributed by atoms with Gasteiger partial charge < -0.3 is 14.7 Å². The Morgan fingerprint density at radius 3 is 1.60 bits per heavy atom. The molecule has 0 N–H and O–H groups in total. The van der Waals surface area contributed by atoms with E-state index in [4.69, 9.17) is 0 Å². The van der Waals surface area contributed by atoms with E-state index in [0.29, 0.717) is 0 Å². The van der Waals surface area contributed by atoms with Gasteiger partial charge >= 0.3 is 0 Å². The second-order valence-corrected chi connectivity index (χ2v) is 13.8. The first-order valence-electron chi connectivity index (χ1n) is 18.3. The van der Waals surface area contributed by atoms with E-state index in [1.165, 1.54) is 66.0 Å². The molecular formula is C50H37N3. The van der Waals surface area contributed by atoms with Crippen LogP contribution in [-0.2, 0) is 0 Å². The van der Waals surface area contributed by atoms with Gasteiger partial charge in [0, 0.05) is 41.4 Å². The lowest BCUT2D eigenvalue weighted by atomic mass is 9.92. The molecule has 2 aliphatic rings. The number of hydrogen-bond donors (Lipinski definition) is 0. The fourth-order valence-corrected chi connectivity index (χ4v) is 8.36. The van der Waals surface area contributed by atoms with Crippen LogP contribution in [0.1, 0.15) is 11.1 Å². The maximum absolute atomic E-state index is 2.38. The van der Waals surface area contributed by atoms with Gasteiger partial charge in [-0.3, -0.25) is 0 Å². The van der Waals surface area contributed by atoms with E-state index in [1.807, 2.05) is 0 Å². The van der Waals surface area contributed by atoms with Crippen LogP contribution < -0.4 is 4.90 Å². The van der Waals surface area contributed by atoms with Crippen LogP contribution in [0.2, 0.25) is 0 Å². The Hall–Kier alpha value is -6.84. The van der Waals surface area contributed by atoms with Gasteiger partial charge in [-0.1, -0.05) is 140 Å². The quantitative estimate of drug-likeness (QED) is 0.162. The minimum absolute atomic E-state index is 0.139. The molecule has 1 unspecified atom stereocenters. The fourth-order valence-electron chi connectivity index (χ4n) is 8.36. The largest absolute Gasteiger partial charge is 0.348 e. The third-order valence-electron chi connectivity index (χ3n) is 10.8. The predicted octanol–water partition coefficient (Wildman–Crippen LogP) is 12.8. The van der Waals surface area contributed by atoms with E-state index < -0.39 is 0 Å². The molecule has 0 bridgehead atoms. The van der Waals surface area contributed by atoms with Crippen LogP contribution in [0.3, 0.4) is 0 Å². The molecule has 2 aliphatic heterocycles. The van der Waals surface area contributed by atoms with Crippen molar-refractivity contribution < 1.29 is 0 Å². The molecule has 0 aromatic heterocycles. The zero-order valence-corrected chi connectivity index (χ0v) is 29.5. The second kappa shape index (κ2) is 12.7. The Kier molecular flexibility index (Phi) is 7.43. The Morgan fingerprint density at radius 2 is 0.906 bits per heavy atom. The van der Waals surface area contributed by atoms with Gasteiger partial charge in [0.15, 0.2) is 0 Å². The molecule has 8 aromatic rings. The number of rotatable bonds is 6. The summed E-state index contributed by atoms with van der Waals surface area (Å²) in [6.07, 6.45) is 8.84. The van der Waals surface area contributed by atoms with Crippen LogP contribution >= 0.6 is 0 Å². The van der Waals surface area contributed by atoms with E-state index in [-0.39, 0.29) is 6.17 Å². The number of hydrogen-bond acceptors (Lipinski definition) is 3. The standard InChI is InChI=1S/C50H37N3/c1-51-48-25-12-13-32-52(48)50(35-15-4-2-5-16-35)49(51)36-26-29-40(30-27-36)53(39-18-6-3-7-19-39)41-20-14-17-37(33-41)38-28-31-46-44-23-9-8-21-42(44)43-22-10-11-24-45(43)47(46)34-38/h2-34,48H,1H3. The topological polar surface area (TPSA) is 9.72 Å². The van der Waals surface area contributed by atoms with Gasteiger partial charge in [-0.2, -0.15) is 0 Å². The molecule has 10 rings (SSSR count). The Labute approximate surface area is 310 Å². The minimum Gasteiger partial charge on any atom is -0.348 e. The molecule has 2 heterocycles. The average Bonchev–Trinajstić information content (AvgIpc) is 3.53. The highest BCUT2D eigenvalue weighted by atomic mass is 15.4. The zero-order valence-electron chi connectivity index (χ0n) is 29.5. The summed E-state index contributed by atoms with van der Waals surface area (Å²) in [5, 5.41) is 7.73. The summed E-state index contributed by atoms with van der Waals surface area (Å²) in [6, 6.07) is 63.9. The van der Waals surface area contributed by atoms with Crippen LogP contribution in [-0.4, -0.2) is 23.0 Å². The average molecular weight is 680 g/mol. The second-order valence-electron chi connectivity index (χ2n) is 13.8. The summed E-state index contributed by atoms with van der Waals surface area (Å²) in [5.74, 6) is 0. The molecule has 0 amide bonds. The number of fused-ring (bicyclic) bond motifs is 7. The molecule has 252 valence electrons. The van der Waals surface area contributed by atoms with Gasteiger partial charge in [-0.05, 0) is 98.1 Å². The summed E-state index contributed by atoms with van der Waals surface area (Å²) >= 11 is 0. The first-order chi connectivity index (χ1) is 26.2. The molecule has 0 saturated heterocycles. The highest BCUT2D eigenvalue weighted by Gasteiger charge is 2.35. The van der Waals surface area contributed by atoms with Gasteiger partial charge in [0.25, 0.3) is 0 Å². The monoisotopic (exact) mass is 679 g/mol. The molecule has 8 aromatic carbocycles. The Balaban J connectivity index is 1.07. The molecular weight excluding hydrogens is 643 g/mol. The number of allylic oxidation sites excluding steroid dienone is 2. The summed E-state index contributed by atoms with van der Waals surface area (Å²) in [7, 11) is 2.19. The molecule has 0 radical (unpaired) electrons. The van der Waals surface area contributed by atoms with Gasteiger partial charge in [-0.15, -0.1) is 0 Å². The predicted molar refractivity (Wildman–Crippen MR) is 224 cm³/mol. The first kappa shape index (κ1) is 30.9. The van der Waals surface area contributed by atoms with Crippen LogP contribution in [0.5, 0.6) is 0 Å². The maximum atomic E-state index is 2.38. The maximum Gasteiger partial charge on any atom is 0.125 e. The lowest BCUT2D eigenvalue weighted by Gasteiger charge is -2.29. The molecule has 0 fully saturated rings. The molecule has 1 atom stereocenters. The third-order valence-corrected chi connectivity index (χ3v) is 10.8. The van der Waals surface area contributed by atoms with Gasteiger partial charge in [0.05, 0.1) is 11.4 Å². The van der Waals surface area contributed by atoms with Gasteiger partial charge in [-0.25, -0.2) is 0 Å². The normalized spacial score (nSPS) is 15.2.